The molecular weight excluding hydrogens is 380 g/mol. The number of nitrogens with one attached hydrogen (secondary N) is 1. The molecule has 0 saturated carbocycles. The van der Waals surface area contributed by atoms with Crippen LogP contribution in [0, 0.1) is 5.41 Å². The van der Waals surface area contributed by atoms with Gasteiger partial charge >= 0.3 is 0 Å². The van der Waals surface area contributed by atoms with E-state index in [4.69, 9.17) is 9.47 Å². The van der Waals surface area contributed by atoms with Gasteiger partial charge in [0.05, 0.1) is 6.04 Å². The molecule has 1 unspecified atom stereocenters. The van der Waals surface area contributed by atoms with Crippen molar-refractivity contribution in [1.82, 2.24) is 4.90 Å². The third-order valence-electron chi connectivity index (χ3n) is 5.51. The average molecular weight is 408 g/mol. The Morgan fingerprint density at radius 1 is 1.03 bits per heavy atom. The molecule has 6 heteroatoms. The Morgan fingerprint density at radius 2 is 1.80 bits per heavy atom. The lowest BCUT2D eigenvalue weighted by molar-refractivity contribution is -0.123. The van der Waals surface area contributed by atoms with Gasteiger partial charge in [-0.25, -0.2) is 0 Å². The van der Waals surface area contributed by atoms with Crippen LogP contribution in [-0.4, -0.2) is 36.5 Å². The number of hydrogen-bond acceptors (Lipinski definition) is 4. The molecule has 0 radical (unpaired) electrons. The molecule has 2 aliphatic rings. The standard InChI is InChI=1S/C24H28N2O4/c1-24(2,3)23(28)25-18-7-4-6-17(14-18)22(27)26-11-5-8-19(26)16-9-10-20-21(15-16)30-13-12-29-20/h4,6-7,9-10,14-15,19H,5,8,11-13H2,1-3H3,(H,25,28). The molecule has 30 heavy (non-hydrogen) atoms. The van der Waals surface area contributed by atoms with Gasteiger partial charge in [0.2, 0.25) is 5.91 Å². The van der Waals surface area contributed by atoms with E-state index in [1.54, 1.807) is 18.2 Å². The summed E-state index contributed by atoms with van der Waals surface area (Å²) >= 11 is 0. The summed E-state index contributed by atoms with van der Waals surface area (Å²) in [5, 5.41) is 2.90. The Bertz CT molecular complexity index is 964. The van der Waals surface area contributed by atoms with Gasteiger partial charge in [0.25, 0.3) is 5.91 Å². The number of carbonyl (C=O) groups is 2. The third kappa shape index (κ3) is 4.13. The van der Waals surface area contributed by atoms with E-state index in [2.05, 4.69) is 5.32 Å². The van der Waals surface area contributed by atoms with Crippen LogP contribution in [0.3, 0.4) is 0 Å². The van der Waals surface area contributed by atoms with Gasteiger partial charge in [-0.15, -0.1) is 0 Å². The van der Waals surface area contributed by atoms with Crippen LogP contribution in [-0.2, 0) is 4.79 Å². The van der Waals surface area contributed by atoms with Crippen LogP contribution in [0.2, 0.25) is 0 Å². The van der Waals surface area contributed by atoms with Gasteiger partial charge in [-0.1, -0.05) is 32.9 Å². The average Bonchev–Trinajstić information content (AvgIpc) is 3.22. The first-order valence-corrected chi connectivity index (χ1v) is 10.4. The topological polar surface area (TPSA) is 67.9 Å². The minimum absolute atomic E-state index is 0.00106. The number of carbonyl (C=O) groups excluding carboxylic acids is 2. The van der Waals surface area contributed by atoms with Gasteiger partial charge in [-0.3, -0.25) is 9.59 Å². The smallest absolute Gasteiger partial charge is 0.254 e. The summed E-state index contributed by atoms with van der Waals surface area (Å²) in [6, 6.07) is 13.1. The number of amides is 2. The highest BCUT2D eigenvalue weighted by Gasteiger charge is 2.31. The third-order valence-corrected chi connectivity index (χ3v) is 5.51. The fourth-order valence-electron chi connectivity index (χ4n) is 3.84. The van der Waals surface area contributed by atoms with E-state index < -0.39 is 5.41 Å². The zero-order valence-electron chi connectivity index (χ0n) is 17.7. The van der Waals surface area contributed by atoms with Crippen molar-refractivity contribution < 1.29 is 19.1 Å². The first kappa shape index (κ1) is 20.3. The molecule has 6 nitrogen and oxygen atoms in total. The van der Waals surface area contributed by atoms with Crippen LogP contribution in [0.15, 0.2) is 42.5 Å². The number of anilines is 1. The molecule has 1 saturated heterocycles. The molecule has 2 aromatic rings. The molecule has 2 aromatic carbocycles. The van der Waals surface area contributed by atoms with E-state index in [0.717, 1.165) is 29.9 Å². The van der Waals surface area contributed by atoms with Gasteiger partial charge in [0, 0.05) is 23.2 Å². The second-order valence-electron chi connectivity index (χ2n) is 8.84. The molecule has 2 heterocycles. The molecule has 0 bridgehead atoms. The van der Waals surface area contributed by atoms with E-state index in [0.29, 0.717) is 31.0 Å². The largest absolute Gasteiger partial charge is 0.486 e. The number of hydrogen-bond donors (Lipinski definition) is 1. The first-order chi connectivity index (χ1) is 14.3. The van der Waals surface area contributed by atoms with E-state index >= 15 is 0 Å². The molecule has 0 aromatic heterocycles. The molecular formula is C24H28N2O4. The van der Waals surface area contributed by atoms with E-state index in [9.17, 15) is 9.59 Å². The fourth-order valence-corrected chi connectivity index (χ4v) is 3.84. The number of nitrogens with zero attached hydrogens (tertiary/aromatic N) is 1. The lowest BCUT2D eigenvalue weighted by Gasteiger charge is -2.27. The van der Waals surface area contributed by atoms with Crippen LogP contribution in [0.1, 0.15) is 55.6 Å². The van der Waals surface area contributed by atoms with Crippen molar-refractivity contribution in [1.29, 1.82) is 0 Å². The predicted octanol–water partition coefficient (Wildman–Crippen LogP) is 4.42. The number of fused-ring (bicyclic) bond motifs is 1. The number of benzene rings is 2. The summed E-state index contributed by atoms with van der Waals surface area (Å²) in [6.45, 7) is 7.38. The number of likely N-dealkylation sites (tertiary alicyclic amines) is 1. The summed E-state index contributed by atoms with van der Waals surface area (Å²) in [4.78, 5) is 27.5. The SMILES string of the molecule is CC(C)(C)C(=O)Nc1cccc(C(=O)N2CCCC2c2ccc3c(c2)OCCO3)c1. The molecule has 1 atom stereocenters. The zero-order valence-corrected chi connectivity index (χ0v) is 17.7. The summed E-state index contributed by atoms with van der Waals surface area (Å²) < 4.78 is 11.3. The molecule has 0 aliphatic carbocycles. The van der Waals surface area contributed by atoms with Gasteiger partial charge in [0.15, 0.2) is 11.5 Å². The van der Waals surface area contributed by atoms with Crippen molar-refractivity contribution in [3.05, 3.63) is 53.6 Å². The molecule has 1 fully saturated rings. The Hall–Kier alpha value is -3.02. The minimum atomic E-state index is -0.502. The maximum absolute atomic E-state index is 13.3. The van der Waals surface area contributed by atoms with Crippen molar-refractivity contribution in [3.8, 4) is 11.5 Å². The fraction of sp³-hybridized carbons (Fsp3) is 0.417. The lowest BCUT2D eigenvalue weighted by Crippen LogP contribution is -2.31. The Balaban J connectivity index is 1.54. The van der Waals surface area contributed by atoms with Crippen LogP contribution in [0.25, 0.3) is 0 Å². The summed E-state index contributed by atoms with van der Waals surface area (Å²) in [6.07, 6.45) is 1.86. The van der Waals surface area contributed by atoms with Crippen molar-refractivity contribution >= 4 is 17.5 Å². The van der Waals surface area contributed by atoms with Crippen LogP contribution < -0.4 is 14.8 Å². The van der Waals surface area contributed by atoms with Crippen molar-refractivity contribution in [2.45, 2.75) is 39.7 Å². The molecule has 2 amide bonds. The van der Waals surface area contributed by atoms with Gasteiger partial charge < -0.3 is 19.7 Å². The minimum Gasteiger partial charge on any atom is -0.486 e. The summed E-state index contributed by atoms with van der Waals surface area (Å²) in [7, 11) is 0. The highest BCUT2D eigenvalue weighted by atomic mass is 16.6. The second-order valence-corrected chi connectivity index (χ2v) is 8.84. The van der Waals surface area contributed by atoms with Crippen LogP contribution in [0.5, 0.6) is 11.5 Å². The first-order valence-electron chi connectivity index (χ1n) is 10.4. The Kier molecular flexibility index (Phi) is 5.41. The van der Waals surface area contributed by atoms with Crippen molar-refractivity contribution in [3.63, 3.8) is 0 Å². The number of rotatable bonds is 3. The highest BCUT2D eigenvalue weighted by Crippen LogP contribution is 2.38. The number of ether oxygens (including phenoxy) is 2. The normalized spacial score (nSPS) is 18.2. The zero-order chi connectivity index (χ0) is 21.3. The van der Waals surface area contributed by atoms with E-state index in [-0.39, 0.29) is 17.9 Å². The molecule has 4 rings (SSSR count). The van der Waals surface area contributed by atoms with Gasteiger partial charge in [-0.2, -0.15) is 0 Å². The molecule has 0 spiro atoms. The van der Waals surface area contributed by atoms with Crippen LogP contribution >= 0.6 is 0 Å². The van der Waals surface area contributed by atoms with Crippen molar-refractivity contribution in [2.75, 3.05) is 25.1 Å². The second kappa shape index (κ2) is 8.01. The maximum atomic E-state index is 13.3. The van der Waals surface area contributed by atoms with Gasteiger partial charge in [0.1, 0.15) is 13.2 Å². The van der Waals surface area contributed by atoms with E-state index in [1.807, 2.05) is 49.9 Å². The molecule has 2 aliphatic heterocycles. The summed E-state index contributed by atoms with van der Waals surface area (Å²) in [5.41, 5.74) is 1.77. The van der Waals surface area contributed by atoms with Crippen molar-refractivity contribution in [2.24, 2.45) is 5.41 Å². The lowest BCUT2D eigenvalue weighted by atomic mass is 9.95. The quantitative estimate of drug-likeness (QED) is 0.816. The van der Waals surface area contributed by atoms with Gasteiger partial charge in [-0.05, 0) is 48.7 Å². The van der Waals surface area contributed by atoms with E-state index in [1.165, 1.54) is 0 Å². The predicted molar refractivity (Wildman–Crippen MR) is 115 cm³/mol. The summed E-state index contributed by atoms with van der Waals surface area (Å²) in [5.74, 6) is 1.38. The Morgan fingerprint density at radius 3 is 2.57 bits per heavy atom. The molecule has 1 N–H and O–H groups in total. The highest BCUT2D eigenvalue weighted by molar-refractivity contribution is 5.98. The molecule has 158 valence electrons. The maximum Gasteiger partial charge on any atom is 0.254 e. The Labute approximate surface area is 177 Å². The van der Waals surface area contributed by atoms with Crippen LogP contribution in [0.4, 0.5) is 5.69 Å². The monoisotopic (exact) mass is 408 g/mol.